The third-order valence-electron chi connectivity index (χ3n) is 0.401. The van der Waals surface area contributed by atoms with Gasteiger partial charge in [-0.1, -0.05) is 6.92 Å². The fourth-order valence-electron chi connectivity index (χ4n) is 0. The summed E-state index contributed by atoms with van der Waals surface area (Å²) in [5, 5.41) is 14.8. The molecule has 0 aliphatic heterocycles. The lowest BCUT2D eigenvalue weighted by Gasteiger charge is -1.93. The van der Waals surface area contributed by atoms with Crippen molar-refractivity contribution < 1.29 is 23.1 Å². The molecule has 0 saturated heterocycles. The lowest BCUT2D eigenvalue weighted by Crippen LogP contribution is -2.21. The van der Waals surface area contributed by atoms with Crippen molar-refractivity contribution in [3.8, 4) is 6.07 Å². The molecule has 0 amide bonds. The van der Waals surface area contributed by atoms with Crippen molar-refractivity contribution in [2.24, 2.45) is 0 Å². The summed E-state index contributed by atoms with van der Waals surface area (Å²) in [6.07, 6.45) is -4.46. The Bertz CT molecular complexity index is 158. The highest BCUT2D eigenvalue weighted by molar-refractivity contribution is 5.73. The van der Waals surface area contributed by atoms with Gasteiger partial charge in [0.05, 0.1) is 6.07 Å². The minimum Gasteiger partial charge on any atom is -0.475 e. The highest BCUT2D eigenvalue weighted by Crippen LogP contribution is 2.13. The average Bonchev–Trinajstić information content (AvgIpc) is 1.87. The SMILES string of the molecule is CCC#N.O=C(O)C(F)(F)F. The van der Waals surface area contributed by atoms with Gasteiger partial charge in [-0.15, -0.1) is 0 Å². The minimum absolute atomic E-state index is 0.625. The molecule has 0 bridgehead atoms. The molecular formula is C5H6F3NO2. The first-order valence-corrected chi connectivity index (χ1v) is 2.53. The number of hydrogen-bond donors (Lipinski definition) is 1. The Balaban J connectivity index is 0. The van der Waals surface area contributed by atoms with Crippen LogP contribution in [0, 0.1) is 11.3 Å². The Morgan fingerprint density at radius 1 is 1.64 bits per heavy atom. The van der Waals surface area contributed by atoms with Gasteiger partial charge >= 0.3 is 12.1 Å². The third-order valence-corrected chi connectivity index (χ3v) is 0.401. The molecule has 0 spiro atoms. The van der Waals surface area contributed by atoms with Crippen LogP contribution in [0.15, 0.2) is 0 Å². The first kappa shape index (κ1) is 12.4. The van der Waals surface area contributed by atoms with Crippen molar-refractivity contribution in [1.82, 2.24) is 0 Å². The average molecular weight is 169 g/mol. The van der Waals surface area contributed by atoms with Crippen molar-refractivity contribution in [3.05, 3.63) is 0 Å². The molecular weight excluding hydrogens is 163 g/mol. The summed E-state index contributed by atoms with van der Waals surface area (Å²) >= 11 is 0. The van der Waals surface area contributed by atoms with Crippen LogP contribution in [0.2, 0.25) is 0 Å². The number of rotatable bonds is 0. The topological polar surface area (TPSA) is 61.1 Å². The molecule has 0 heterocycles. The molecule has 0 aliphatic rings. The number of hydrogen-bond acceptors (Lipinski definition) is 2. The first-order valence-electron chi connectivity index (χ1n) is 2.53. The summed E-state index contributed by atoms with van der Waals surface area (Å²) in [6, 6.07) is 1.93. The minimum atomic E-state index is -5.08. The van der Waals surface area contributed by atoms with E-state index in [1.165, 1.54) is 0 Å². The number of carbonyl (C=O) groups is 1. The molecule has 0 fully saturated rings. The predicted molar refractivity (Wildman–Crippen MR) is 29.6 cm³/mol. The van der Waals surface area contributed by atoms with E-state index < -0.39 is 12.1 Å². The number of carboxylic acid groups (broad SMARTS) is 1. The highest BCUT2D eigenvalue weighted by Gasteiger charge is 2.38. The molecule has 0 rings (SSSR count). The van der Waals surface area contributed by atoms with E-state index >= 15 is 0 Å². The lowest BCUT2D eigenvalue weighted by atomic mass is 10.6. The van der Waals surface area contributed by atoms with Crippen molar-refractivity contribution in [3.63, 3.8) is 0 Å². The monoisotopic (exact) mass is 169 g/mol. The zero-order valence-electron chi connectivity index (χ0n) is 5.64. The summed E-state index contributed by atoms with van der Waals surface area (Å²) in [5.41, 5.74) is 0. The van der Waals surface area contributed by atoms with Gasteiger partial charge in [0.15, 0.2) is 0 Å². The molecule has 3 nitrogen and oxygen atoms in total. The standard InChI is InChI=1S/C3H5N.C2HF3O2/c1-2-3-4;3-2(4,5)1(6)7/h2H2,1H3;(H,6,7). The zero-order chi connectivity index (χ0) is 9.49. The van der Waals surface area contributed by atoms with Crippen molar-refractivity contribution >= 4 is 5.97 Å². The zero-order valence-corrected chi connectivity index (χ0v) is 5.64. The summed E-state index contributed by atoms with van der Waals surface area (Å²) in [6.45, 7) is 1.82. The number of nitrogens with zero attached hydrogens (tertiary/aromatic N) is 1. The molecule has 1 N–H and O–H groups in total. The maximum Gasteiger partial charge on any atom is 0.490 e. The number of aliphatic carboxylic acids is 1. The van der Waals surface area contributed by atoms with Crippen LogP contribution in [0.25, 0.3) is 0 Å². The smallest absolute Gasteiger partial charge is 0.475 e. The fraction of sp³-hybridized carbons (Fsp3) is 0.600. The van der Waals surface area contributed by atoms with Gasteiger partial charge in [-0.25, -0.2) is 4.79 Å². The summed E-state index contributed by atoms with van der Waals surface area (Å²) in [4.78, 5) is 8.90. The van der Waals surface area contributed by atoms with E-state index in [9.17, 15) is 13.2 Å². The quantitative estimate of drug-likeness (QED) is 0.598. The van der Waals surface area contributed by atoms with Crippen LogP contribution in [0.4, 0.5) is 13.2 Å². The Morgan fingerprint density at radius 2 is 1.82 bits per heavy atom. The number of alkyl halides is 3. The maximum absolute atomic E-state index is 10.6. The predicted octanol–water partition coefficient (Wildman–Crippen LogP) is 1.55. The second-order valence-electron chi connectivity index (χ2n) is 1.31. The van der Waals surface area contributed by atoms with E-state index in [-0.39, 0.29) is 0 Å². The van der Waals surface area contributed by atoms with Crippen molar-refractivity contribution in [1.29, 1.82) is 5.26 Å². The van der Waals surface area contributed by atoms with E-state index in [0.29, 0.717) is 6.42 Å². The van der Waals surface area contributed by atoms with Gasteiger partial charge in [0.25, 0.3) is 0 Å². The molecule has 0 saturated carbocycles. The van der Waals surface area contributed by atoms with E-state index in [2.05, 4.69) is 0 Å². The van der Waals surface area contributed by atoms with Gasteiger partial charge in [-0.2, -0.15) is 18.4 Å². The van der Waals surface area contributed by atoms with Crippen LogP contribution < -0.4 is 0 Å². The van der Waals surface area contributed by atoms with Gasteiger partial charge in [0, 0.05) is 6.42 Å². The molecule has 6 heteroatoms. The lowest BCUT2D eigenvalue weighted by molar-refractivity contribution is -0.192. The Kier molecular flexibility index (Phi) is 6.25. The van der Waals surface area contributed by atoms with Crippen molar-refractivity contribution in [2.75, 3.05) is 0 Å². The maximum atomic E-state index is 10.6. The molecule has 0 aliphatic carbocycles. The van der Waals surface area contributed by atoms with Crippen molar-refractivity contribution in [2.45, 2.75) is 19.5 Å². The summed E-state index contributed by atoms with van der Waals surface area (Å²) in [7, 11) is 0. The summed E-state index contributed by atoms with van der Waals surface area (Å²) < 4.78 is 31.7. The molecule has 0 unspecified atom stereocenters. The molecule has 0 aromatic heterocycles. The van der Waals surface area contributed by atoms with Gasteiger partial charge in [0.2, 0.25) is 0 Å². The molecule has 11 heavy (non-hydrogen) atoms. The Labute approximate surface area is 61.0 Å². The highest BCUT2D eigenvalue weighted by atomic mass is 19.4. The Morgan fingerprint density at radius 3 is 1.82 bits per heavy atom. The van der Waals surface area contributed by atoms with E-state index in [1.807, 2.05) is 13.0 Å². The van der Waals surface area contributed by atoms with E-state index in [1.54, 1.807) is 0 Å². The second-order valence-corrected chi connectivity index (χ2v) is 1.31. The largest absolute Gasteiger partial charge is 0.490 e. The van der Waals surface area contributed by atoms with Crippen LogP contribution in [-0.4, -0.2) is 17.3 Å². The van der Waals surface area contributed by atoms with E-state index in [0.717, 1.165) is 0 Å². The Hall–Kier alpha value is -1.25. The number of nitriles is 1. The van der Waals surface area contributed by atoms with Crippen LogP contribution in [0.5, 0.6) is 0 Å². The number of carboxylic acids is 1. The first-order chi connectivity index (χ1) is 4.86. The fourth-order valence-corrected chi connectivity index (χ4v) is 0. The summed E-state index contributed by atoms with van der Waals surface area (Å²) in [5.74, 6) is -2.76. The molecule has 0 aromatic rings. The van der Waals surface area contributed by atoms with Gasteiger partial charge in [-0.05, 0) is 0 Å². The normalized spacial score (nSPS) is 9.00. The second kappa shape index (κ2) is 5.53. The van der Waals surface area contributed by atoms with Gasteiger partial charge < -0.3 is 5.11 Å². The molecule has 0 aromatic carbocycles. The molecule has 64 valence electrons. The van der Waals surface area contributed by atoms with Crippen LogP contribution in [0.1, 0.15) is 13.3 Å². The van der Waals surface area contributed by atoms with Crippen LogP contribution >= 0.6 is 0 Å². The third kappa shape index (κ3) is 12.1. The van der Waals surface area contributed by atoms with E-state index in [4.69, 9.17) is 15.2 Å². The van der Waals surface area contributed by atoms with Crippen LogP contribution in [-0.2, 0) is 4.79 Å². The molecule has 0 radical (unpaired) electrons. The van der Waals surface area contributed by atoms with Gasteiger partial charge in [-0.3, -0.25) is 0 Å². The number of halogens is 3. The molecule has 0 atom stereocenters. The van der Waals surface area contributed by atoms with Crippen LogP contribution in [0.3, 0.4) is 0 Å². The van der Waals surface area contributed by atoms with Gasteiger partial charge in [0.1, 0.15) is 0 Å².